The Hall–Kier alpha value is -2.49. The van der Waals surface area contributed by atoms with Gasteiger partial charge in [0.05, 0.1) is 6.61 Å². The SMILES string of the molecule is CCOC(=O)/C(C#N)=C\c1cccc(OC(F)(F)F)c1. The second-order valence-electron chi connectivity index (χ2n) is 3.51. The number of carbonyl (C=O) groups is 1. The summed E-state index contributed by atoms with van der Waals surface area (Å²) in [6.45, 7) is 1.67. The first-order valence-corrected chi connectivity index (χ1v) is 5.50. The van der Waals surface area contributed by atoms with Crippen LogP contribution in [0.2, 0.25) is 0 Å². The van der Waals surface area contributed by atoms with Crippen LogP contribution in [-0.4, -0.2) is 18.9 Å². The fourth-order valence-electron chi connectivity index (χ4n) is 1.31. The Balaban J connectivity index is 3.00. The molecule has 20 heavy (non-hydrogen) atoms. The van der Waals surface area contributed by atoms with Crippen LogP contribution in [0.5, 0.6) is 5.75 Å². The van der Waals surface area contributed by atoms with Crippen molar-refractivity contribution >= 4 is 12.0 Å². The summed E-state index contributed by atoms with van der Waals surface area (Å²) in [6, 6.07) is 6.54. The molecule has 106 valence electrons. The van der Waals surface area contributed by atoms with E-state index in [1.54, 1.807) is 13.0 Å². The van der Waals surface area contributed by atoms with Crippen LogP contribution in [0.3, 0.4) is 0 Å². The lowest BCUT2D eigenvalue weighted by Crippen LogP contribution is -2.17. The Morgan fingerprint density at radius 1 is 1.45 bits per heavy atom. The minimum atomic E-state index is -4.80. The number of halogens is 3. The molecule has 0 amide bonds. The van der Waals surface area contributed by atoms with Crippen LogP contribution in [0.15, 0.2) is 29.8 Å². The molecule has 4 nitrogen and oxygen atoms in total. The van der Waals surface area contributed by atoms with Crippen LogP contribution in [0, 0.1) is 11.3 Å². The molecule has 0 bridgehead atoms. The summed E-state index contributed by atoms with van der Waals surface area (Å²) in [4.78, 5) is 11.4. The molecule has 0 atom stereocenters. The third-order valence-corrected chi connectivity index (χ3v) is 2.02. The van der Waals surface area contributed by atoms with Gasteiger partial charge in [-0.2, -0.15) is 5.26 Å². The monoisotopic (exact) mass is 285 g/mol. The molecule has 0 unspecified atom stereocenters. The molecule has 0 saturated carbocycles. The van der Waals surface area contributed by atoms with Crippen molar-refractivity contribution in [1.29, 1.82) is 5.26 Å². The van der Waals surface area contributed by atoms with Gasteiger partial charge in [0.25, 0.3) is 0 Å². The van der Waals surface area contributed by atoms with E-state index in [1.165, 1.54) is 12.1 Å². The Morgan fingerprint density at radius 3 is 2.70 bits per heavy atom. The Morgan fingerprint density at radius 2 is 2.15 bits per heavy atom. The second kappa shape index (κ2) is 6.61. The first kappa shape index (κ1) is 15.6. The van der Waals surface area contributed by atoms with Crippen LogP contribution < -0.4 is 4.74 Å². The summed E-state index contributed by atoms with van der Waals surface area (Å²) in [6.07, 6.45) is -3.68. The molecule has 0 aromatic heterocycles. The lowest BCUT2D eigenvalue weighted by atomic mass is 10.1. The molecular weight excluding hydrogens is 275 g/mol. The van der Waals surface area contributed by atoms with Crippen molar-refractivity contribution in [3.8, 4) is 11.8 Å². The lowest BCUT2D eigenvalue weighted by Gasteiger charge is -2.09. The van der Waals surface area contributed by atoms with Crippen molar-refractivity contribution in [3.05, 3.63) is 35.4 Å². The number of ether oxygens (including phenoxy) is 2. The zero-order valence-corrected chi connectivity index (χ0v) is 10.4. The maximum absolute atomic E-state index is 12.1. The predicted octanol–water partition coefficient (Wildman–Crippen LogP) is 3.06. The van der Waals surface area contributed by atoms with Crippen molar-refractivity contribution < 1.29 is 27.4 Å². The summed E-state index contributed by atoms with van der Waals surface area (Å²) in [7, 11) is 0. The van der Waals surface area contributed by atoms with Crippen LogP contribution in [0.4, 0.5) is 13.2 Å². The molecule has 1 rings (SSSR count). The molecule has 0 fully saturated rings. The Labute approximate surface area is 113 Å². The normalized spacial score (nSPS) is 11.7. The summed E-state index contributed by atoms with van der Waals surface area (Å²) < 4.78 is 44.6. The first-order chi connectivity index (χ1) is 9.35. The number of alkyl halides is 3. The number of esters is 1. The van der Waals surface area contributed by atoms with Gasteiger partial charge in [-0.25, -0.2) is 4.79 Å². The van der Waals surface area contributed by atoms with Gasteiger partial charge in [0.1, 0.15) is 17.4 Å². The molecule has 0 spiro atoms. The van der Waals surface area contributed by atoms with Crippen LogP contribution in [-0.2, 0) is 9.53 Å². The van der Waals surface area contributed by atoms with Gasteiger partial charge in [0.2, 0.25) is 0 Å². The fourth-order valence-corrected chi connectivity index (χ4v) is 1.31. The summed E-state index contributed by atoms with van der Waals surface area (Å²) in [5.41, 5.74) is -0.0904. The third kappa shape index (κ3) is 5.02. The van der Waals surface area contributed by atoms with Crippen LogP contribution in [0.1, 0.15) is 12.5 Å². The van der Waals surface area contributed by atoms with Crippen molar-refractivity contribution in [2.45, 2.75) is 13.3 Å². The molecule has 0 aliphatic rings. The summed E-state index contributed by atoms with van der Waals surface area (Å²) >= 11 is 0. The molecular formula is C13H10F3NO3. The van der Waals surface area contributed by atoms with E-state index >= 15 is 0 Å². The minimum absolute atomic E-state index is 0.0923. The molecule has 1 aromatic carbocycles. The first-order valence-electron chi connectivity index (χ1n) is 5.50. The topological polar surface area (TPSA) is 59.3 Å². The number of hydrogen-bond donors (Lipinski definition) is 0. The third-order valence-electron chi connectivity index (χ3n) is 2.02. The molecule has 0 radical (unpaired) electrons. The highest BCUT2D eigenvalue weighted by molar-refractivity contribution is 5.97. The minimum Gasteiger partial charge on any atom is -0.462 e. The van der Waals surface area contributed by atoms with Gasteiger partial charge in [-0.15, -0.1) is 13.2 Å². The predicted molar refractivity (Wildman–Crippen MR) is 63.3 cm³/mol. The molecule has 7 heteroatoms. The zero-order valence-electron chi connectivity index (χ0n) is 10.4. The van der Waals surface area contributed by atoms with Crippen molar-refractivity contribution in [2.75, 3.05) is 6.61 Å². The maximum Gasteiger partial charge on any atom is 0.573 e. The van der Waals surface area contributed by atoms with E-state index in [-0.39, 0.29) is 17.7 Å². The number of rotatable bonds is 4. The zero-order chi connectivity index (χ0) is 15.2. The van der Waals surface area contributed by atoms with Gasteiger partial charge < -0.3 is 9.47 Å². The van der Waals surface area contributed by atoms with Crippen LogP contribution in [0.25, 0.3) is 6.08 Å². The highest BCUT2D eigenvalue weighted by atomic mass is 19.4. The van der Waals surface area contributed by atoms with E-state index in [0.717, 1.165) is 18.2 Å². The molecule has 0 heterocycles. The molecule has 0 N–H and O–H groups in total. The summed E-state index contributed by atoms with van der Waals surface area (Å²) in [5, 5.41) is 8.81. The molecule has 0 aliphatic carbocycles. The van der Waals surface area contributed by atoms with Gasteiger partial charge in [-0.1, -0.05) is 12.1 Å². The van der Waals surface area contributed by atoms with Gasteiger partial charge in [0.15, 0.2) is 0 Å². The van der Waals surface area contributed by atoms with Crippen molar-refractivity contribution in [2.24, 2.45) is 0 Å². The number of carbonyl (C=O) groups excluding carboxylic acids is 1. The average Bonchev–Trinajstić information content (AvgIpc) is 2.34. The van der Waals surface area contributed by atoms with E-state index in [1.807, 2.05) is 0 Å². The Bertz CT molecular complexity index is 559. The average molecular weight is 285 g/mol. The largest absolute Gasteiger partial charge is 0.573 e. The Kier molecular flexibility index (Phi) is 5.15. The number of benzene rings is 1. The van der Waals surface area contributed by atoms with E-state index < -0.39 is 18.1 Å². The number of nitrogens with zero attached hydrogens (tertiary/aromatic N) is 1. The molecule has 1 aromatic rings. The van der Waals surface area contributed by atoms with E-state index in [2.05, 4.69) is 9.47 Å². The molecule has 0 aliphatic heterocycles. The van der Waals surface area contributed by atoms with Gasteiger partial charge in [-0.3, -0.25) is 0 Å². The highest BCUT2D eigenvalue weighted by Gasteiger charge is 2.31. The van der Waals surface area contributed by atoms with E-state index in [9.17, 15) is 18.0 Å². The van der Waals surface area contributed by atoms with Gasteiger partial charge >= 0.3 is 12.3 Å². The number of hydrogen-bond acceptors (Lipinski definition) is 4. The van der Waals surface area contributed by atoms with E-state index in [4.69, 9.17) is 5.26 Å². The van der Waals surface area contributed by atoms with Crippen molar-refractivity contribution in [3.63, 3.8) is 0 Å². The summed E-state index contributed by atoms with van der Waals surface area (Å²) in [5.74, 6) is -1.27. The standard InChI is InChI=1S/C13H10F3NO3/c1-2-19-12(18)10(8-17)6-9-4-3-5-11(7-9)20-13(14,15)16/h3-7H,2H2,1H3/b10-6-. The molecule has 0 saturated heterocycles. The highest BCUT2D eigenvalue weighted by Crippen LogP contribution is 2.24. The lowest BCUT2D eigenvalue weighted by molar-refractivity contribution is -0.274. The maximum atomic E-state index is 12.1. The smallest absolute Gasteiger partial charge is 0.462 e. The second-order valence-corrected chi connectivity index (χ2v) is 3.51. The van der Waals surface area contributed by atoms with E-state index in [0.29, 0.717) is 0 Å². The number of nitriles is 1. The van der Waals surface area contributed by atoms with Gasteiger partial charge in [0, 0.05) is 0 Å². The van der Waals surface area contributed by atoms with Crippen molar-refractivity contribution in [1.82, 2.24) is 0 Å². The fraction of sp³-hybridized carbons (Fsp3) is 0.231. The van der Waals surface area contributed by atoms with Crippen LogP contribution >= 0.6 is 0 Å². The van der Waals surface area contributed by atoms with Gasteiger partial charge in [-0.05, 0) is 30.7 Å². The quantitative estimate of drug-likeness (QED) is 0.484.